The van der Waals surface area contributed by atoms with Crippen LogP contribution in [0.4, 0.5) is 0 Å². The molecule has 2 atom stereocenters. The number of aromatic amines is 1. The highest BCUT2D eigenvalue weighted by Gasteiger charge is 2.49. The van der Waals surface area contributed by atoms with E-state index in [1.165, 1.54) is 6.20 Å². The van der Waals surface area contributed by atoms with E-state index in [2.05, 4.69) is 9.82 Å². The minimum Gasteiger partial charge on any atom is -0.480 e. The van der Waals surface area contributed by atoms with Crippen LogP contribution in [-0.4, -0.2) is 43.9 Å². The molecule has 0 saturated carbocycles. The summed E-state index contributed by atoms with van der Waals surface area (Å²) in [5, 5.41) is 30.5. The van der Waals surface area contributed by atoms with Gasteiger partial charge < -0.3 is 20.0 Å². The van der Waals surface area contributed by atoms with Crippen LogP contribution in [0.5, 0.6) is 0 Å². The molecule has 8 heteroatoms. The van der Waals surface area contributed by atoms with Crippen LogP contribution in [0.1, 0.15) is 11.5 Å². The number of hydrogen-bond donors (Lipinski definition) is 3. The lowest BCUT2D eigenvalue weighted by Crippen LogP contribution is -2.32. The lowest BCUT2D eigenvalue weighted by molar-refractivity contribution is -0.736. The number of hydrogen-bond acceptors (Lipinski definition) is 4. The maximum Gasteiger partial charge on any atom is 0.403 e. The predicted molar refractivity (Wildman–Crippen MR) is 69.8 cm³/mol. The molecular weight excluding hydrogens is 280 g/mol. The molecule has 2 heterocycles. The molecule has 0 spiro atoms. The molecule has 0 aliphatic carbocycles. The number of aromatic nitrogens is 1. The number of benzene rings is 1. The van der Waals surface area contributed by atoms with Crippen molar-refractivity contribution in [3.8, 4) is 0 Å². The van der Waals surface area contributed by atoms with E-state index in [9.17, 15) is 14.8 Å². The van der Waals surface area contributed by atoms with Crippen molar-refractivity contribution in [2.24, 2.45) is 0 Å². The number of fused-ring (bicyclic) bond motifs is 1. The van der Waals surface area contributed by atoms with Gasteiger partial charge in [-0.1, -0.05) is 18.2 Å². The fourth-order valence-corrected chi connectivity index (χ4v) is 2.54. The summed E-state index contributed by atoms with van der Waals surface area (Å²) in [6.07, 6.45) is -0.0793. The quantitative estimate of drug-likeness (QED) is 0.714. The average Bonchev–Trinajstić information content (AvgIpc) is 2.99. The SMILES string of the molecule is O=C(O)C1=[N+]([O-])OC(C(=O)O)C1c1c[nH]c2ccccc12. The van der Waals surface area contributed by atoms with E-state index in [1.54, 1.807) is 24.3 Å². The van der Waals surface area contributed by atoms with E-state index in [1.807, 2.05) is 0 Å². The molecule has 1 aliphatic heterocycles. The Balaban J connectivity index is 2.20. The van der Waals surface area contributed by atoms with Gasteiger partial charge in [0.05, 0.1) is 4.90 Å². The van der Waals surface area contributed by atoms with Gasteiger partial charge in [-0.05, 0) is 11.6 Å². The van der Waals surface area contributed by atoms with Gasteiger partial charge in [-0.2, -0.15) is 0 Å². The first-order valence-electron chi connectivity index (χ1n) is 6.03. The molecule has 2 unspecified atom stereocenters. The lowest BCUT2D eigenvalue weighted by Gasteiger charge is -2.13. The van der Waals surface area contributed by atoms with Gasteiger partial charge in [-0.25, -0.2) is 4.79 Å². The number of carboxylic acid groups (broad SMARTS) is 2. The molecule has 21 heavy (non-hydrogen) atoms. The third-order valence-corrected chi connectivity index (χ3v) is 3.42. The Morgan fingerprint density at radius 1 is 1.29 bits per heavy atom. The number of nitrogens with zero attached hydrogens (tertiary/aromatic N) is 1. The van der Waals surface area contributed by atoms with Gasteiger partial charge in [0.1, 0.15) is 5.92 Å². The summed E-state index contributed by atoms with van der Waals surface area (Å²) in [5.41, 5.74) is 0.464. The summed E-state index contributed by atoms with van der Waals surface area (Å²) in [6.45, 7) is 0. The topological polar surface area (TPSA) is 126 Å². The molecule has 0 radical (unpaired) electrons. The smallest absolute Gasteiger partial charge is 0.403 e. The Morgan fingerprint density at radius 2 is 2.00 bits per heavy atom. The molecule has 8 nitrogen and oxygen atoms in total. The van der Waals surface area contributed by atoms with Crippen LogP contribution in [0.15, 0.2) is 30.5 Å². The van der Waals surface area contributed by atoms with E-state index >= 15 is 0 Å². The fourth-order valence-electron chi connectivity index (χ4n) is 2.54. The van der Waals surface area contributed by atoms with Gasteiger partial charge in [0.2, 0.25) is 0 Å². The fraction of sp³-hybridized carbons (Fsp3) is 0.154. The highest BCUT2D eigenvalue weighted by molar-refractivity contribution is 6.36. The Morgan fingerprint density at radius 3 is 2.67 bits per heavy atom. The van der Waals surface area contributed by atoms with Crippen LogP contribution in [0, 0.1) is 5.21 Å². The van der Waals surface area contributed by atoms with Gasteiger partial charge >= 0.3 is 17.7 Å². The summed E-state index contributed by atoms with van der Waals surface area (Å²) in [5.74, 6) is -4.10. The summed E-state index contributed by atoms with van der Waals surface area (Å²) in [4.78, 5) is 29.8. The third kappa shape index (κ3) is 1.88. The van der Waals surface area contributed by atoms with Crippen molar-refractivity contribution < 1.29 is 29.5 Å². The van der Waals surface area contributed by atoms with Crippen molar-refractivity contribution in [2.75, 3.05) is 0 Å². The number of nitrogens with one attached hydrogen (secondary N) is 1. The van der Waals surface area contributed by atoms with E-state index in [0.717, 1.165) is 0 Å². The molecule has 0 fully saturated rings. The van der Waals surface area contributed by atoms with Crippen molar-refractivity contribution in [2.45, 2.75) is 12.0 Å². The first-order chi connectivity index (χ1) is 10.0. The third-order valence-electron chi connectivity index (χ3n) is 3.42. The summed E-state index contributed by atoms with van der Waals surface area (Å²) >= 11 is 0. The van der Waals surface area contributed by atoms with Crippen molar-refractivity contribution in [1.29, 1.82) is 0 Å². The van der Waals surface area contributed by atoms with Crippen LogP contribution in [0.25, 0.3) is 10.9 Å². The van der Waals surface area contributed by atoms with Gasteiger partial charge in [0.15, 0.2) is 6.10 Å². The van der Waals surface area contributed by atoms with E-state index in [-0.39, 0.29) is 4.90 Å². The number of para-hydroxylation sites is 1. The van der Waals surface area contributed by atoms with Gasteiger partial charge in [0, 0.05) is 17.1 Å². The zero-order valence-electron chi connectivity index (χ0n) is 10.5. The van der Waals surface area contributed by atoms with Crippen LogP contribution in [0.2, 0.25) is 0 Å². The van der Waals surface area contributed by atoms with Crippen LogP contribution >= 0.6 is 0 Å². The van der Waals surface area contributed by atoms with Crippen LogP contribution in [0.3, 0.4) is 0 Å². The summed E-state index contributed by atoms with van der Waals surface area (Å²) in [7, 11) is 0. The zero-order valence-corrected chi connectivity index (χ0v) is 10.5. The Hall–Kier alpha value is -3.03. The highest BCUT2D eigenvalue weighted by Crippen LogP contribution is 2.34. The minimum atomic E-state index is -1.58. The normalized spacial score (nSPS) is 21.5. The van der Waals surface area contributed by atoms with Crippen molar-refractivity contribution in [3.05, 3.63) is 41.2 Å². The van der Waals surface area contributed by atoms with Gasteiger partial charge in [0.25, 0.3) is 0 Å². The van der Waals surface area contributed by atoms with Gasteiger partial charge in [-0.15, -0.1) is 0 Å². The first kappa shape index (κ1) is 13.0. The predicted octanol–water partition coefficient (Wildman–Crippen LogP) is 0.686. The van der Waals surface area contributed by atoms with Crippen LogP contribution < -0.4 is 0 Å². The second-order valence-electron chi connectivity index (χ2n) is 4.58. The van der Waals surface area contributed by atoms with E-state index in [4.69, 9.17) is 10.2 Å². The minimum absolute atomic E-state index is 0.229. The molecule has 3 rings (SSSR count). The number of carboxylic acids is 2. The highest BCUT2D eigenvalue weighted by atomic mass is 16.9. The second kappa shape index (κ2) is 4.51. The maximum absolute atomic E-state index is 11.6. The van der Waals surface area contributed by atoms with Gasteiger partial charge in [-0.3, -0.25) is 10.0 Å². The molecule has 0 saturated heterocycles. The molecule has 2 aromatic rings. The Kier molecular flexibility index (Phi) is 2.79. The lowest BCUT2D eigenvalue weighted by atomic mass is 9.89. The summed E-state index contributed by atoms with van der Waals surface area (Å²) < 4.78 is 0. The standard InChI is InChI=1S/C13H10N2O6/c16-12(17)10-9(11(13(18)19)21-15(10)20)7-5-14-8-4-2-1-3-6(7)8/h1-5,9,11,14H,(H,16,17)(H,18,19). The van der Waals surface area contributed by atoms with E-state index < -0.39 is 29.7 Å². The van der Waals surface area contributed by atoms with Crippen molar-refractivity contribution in [1.82, 2.24) is 4.98 Å². The molecule has 1 aliphatic rings. The summed E-state index contributed by atoms with van der Waals surface area (Å²) in [6, 6.07) is 7.00. The molecule has 1 aromatic carbocycles. The maximum atomic E-state index is 11.6. The second-order valence-corrected chi connectivity index (χ2v) is 4.58. The van der Waals surface area contributed by atoms with E-state index in [0.29, 0.717) is 16.5 Å². The molecule has 1 aromatic heterocycles. The molecule has 0 bridgehead atoms. The van der Waals surface area contributed by atoms with Crippen LogP contribution in [-0.2, 0) is 14.4 Å². The monoisotopic (exact) mass is 290 g/mol. The van der Waals surface area contributed by atoms with Crippen molar-refractivity contribution >= 4 is 28.6 Å². The molecule has 108 valence electrons. The first-order valence-corrected chi connectivity index (χ1v) is 6.03. The number of H-pyrrole nitrogens is 1. The molecule has 3 N–H and O–H groups in total. The number of rotatable bonds is 3. The largest absolute Gasteiger partial charge is 0.480 e. The molecule has 0 amide bonds. The van der Waals surface area contributed by atoms with Crippen molar-refractivity contribution in [3.63, 3.8) is 0 Å². The molecular formula is C13H10N2O6. The zero-order chi connectivity index (χ0) is 15.1. The average molecular weight is 290 g/mol. The number of aliphatic carboxylic acids is 2. The Bertz CT molecular complexity index is 778. The Labute approximate surface area is 117 Å². The number of carbonyl (C=O) groups is 2.